The number of hydrogen-bond donors (Lipinski definition) is 1. The normalized spacial score (nSPS) is 14.7. The molecule has 3 rings (SSSR count). The SMILES string of the molecule is Fc1cccc(Cl)c1-c1nnc2n1CCNC2. The van der Waals surface area contributed by atoms with Gasteiger partial charge in [0.2, 0.25) is 0 Å². The fourth-order valence-corrected chi connectivity index (χ4v) is 2.24. The lowest BCUT2D eigenvalue weighted by atomic mass is 10.2. The van der Waals surface area contributed by atoms with Crippen molar-refractivity contribution >= 4 is 11.6 Å². The van der Waals surface area contributed by atoms with Crippen LogP contribution in [0.1, 0.15) is 5.82 Å². The molecule has 4 nitrogen and oxygen atoms in total. The zero-order chi connectivity index (χ0) is 11.8. The van der Waals surface area contributed by atoms with Gasteiger partial charge in [0.15, 0.2) is 5.82 Å². The average molecular weight is 253 g/mol. The molecule has 1 aromatic heterocycles. The zero-order valence-corrected chi connectivity index (χ0v) is 9.71. The first kappa shape index (κ1) is 10.7. The van der Waals surface area contributed by atoms with E-state index in [9.17, 15) is 4.39 Å². The van der Waals surface area contributed by atoms with Crippen molar-refractivity contribution in [1.82, 2.24) is 20.1 Å². The highest BCUT2D eigenvalue weighted by Crippen LogP contribution is 2.29. The smallest absolute Gasteiger partial charge is 0.168 e. The molecule has 1 N–H and O–H groups in total. The van der Waals surface area contributed by atoms with Crippen LogP contribution < -0.4 is 5.32 Å². The van der Waals surface area contributed by atoms with Gasteiger partial charge >= 0.3 is 0 Å². The Labute approximate surface area is 102 Å². The van der Waals surface area contributed by atoms with Crippen LogP contribution in [0.15, 0.2) is 18.2 Å². The van der Waals surface area contributed by atoms with Gasteiger partial charge < -0.3 is 9.88 Å². The maximum atomic E-state index is 13.8. The standard InChI is InChI=1S/C11H10ClFN4/c12-7-2-1-3-8(13)10(7)11-16-15-9-6-14-4-5-17(9)11/h1-3,14H,4-6H2. The van der Waals surface area contributed by atoms with Crippen LogP contribution in [0.5, 0.6) is 0 Å². The number of benzene rings is 1. The van der Waals surface area contributed by atoms with Crippen molar-refractivity contribution < 1.29 is 4.39 Å². The van der Waals surface area contributed by atoms with Crippen molar-refractivity contribution in [2.75, 3.05) is 6.54 Å². The second-order valence-electron chi connectivity index (χ2n) is 3.86. The lowest BCUT2D eigenvalue weighted by molar-refractivity contribution is 0.507. The number of rotatable bonds is 1. The van der Waals surface area contributed by atoms with Gasteiger partial charge in [0.05, 0.1) is 17.1 Å². The average Bonchev–Trinajstić information content (AvgIpc) is 2.73. The summed E-state index contributed by atoms with van der Waals surface area (Å²) in [6, 6.07) is 4.61. The van der Waals surface area contributed by atoms with Gasteiger partial charge in [-0.15, -0.1) is 10.2 Å². The third kappa shape index (κ3) is 1.71. The van der Waals surface area contributed by atoms with E-state index in [0.29, 0.717) is 23.0 Å². The molecule has 0 atom stereocenters. The largest absolute Gasteiger partial charge is 0.308 e. The summed E-state index contributed by atoms with van der Waals surface area (Å²) in [6.45, 7) is 2.20. The first-order valence-corrected chi connectivity index (χ1v) is 5.72. The molecule has 1 aliphatic rings. The molecule has 0 unspecified atom stereocenters. The summed E-state index contributed by atoms with van der Waals surface area (Å²) in [5, 5.41) is 11.6. The van der Waals surface area contributed by atoms with Crippen LogP contribution in [0.4, 0.5) is 4.39 Å². The molecule has 0 amide bonds. The van der Waals surface area contributed by atoms with E-state index in [1.54, 1.807) is 12.1 Å². The number of nitrogens with one attached hydrogen (secondary N) is 1. The summed E-state index contributed by atoms with van der Waals surface area (Å²) < 4.78 is 15.7. The maximum absolute atomic E-state index is 13.8. The van der Waals surface area contributed by atoms with Crippen molar-refractivity contribution in [1.29, 1.82) is 0 Å². The maximum Gasteiger partial charge on any atom is 0.168 e. The van der Waals surface area contributed by atoms with Crippen molar-refractivity contribution in [2.24, 2.45) is 0 Å². The minimum absolute atomic E-state index is 0.329. The summed E-state index contributed by atoms with van der Waals surface area (Å²) in [7, 11) is 0. The Hall–Kier alpha value is -1.46. The van der Waals surface area contributed by atoms with Gasteiger partial charge in [-0.05, 0) is 12.1 Å². The Morgan fingerprint density at radius 1 is 1.35 bits per heavy atom. The molecule has 0 radical (unpaired) electrons. The fraction of sp³-hybridized carbons (Fsp3) is 0.273. The number of halogens is 2. The van der Waals surface area contributed by atoms with E-state index < -0.39 is 0 Å². The van der Waals surface area contributed by atoms with Gasteiger partial charge in [-0.1, -0.05) is 17.7 Å². The van der Waals surface area contributed by atoms with E-state index in [-0.39, 0.29) is 5.82 Å². The molecular formula is C11H10ClFN4. The quantitative estimate of drug-likeness (QED) is 0.842. The molecule has 0 fully saturated rings. The van der Waals surface area contributed by atoms with Gasteiger partial charge in [0.1, 0.15) is 11.6 Å². The third-order valence-corrected chi connectivity index (χ3v) is 3.12. The predicted octanol–water partition coefficient (Wildman–Crippen LogP) is 1.84. The van der Waals surface area contributed by atoms with E-state index in [4.69, 9.17) is 11.6 Å². The molecule has 6 heteroatoms. The van der Waals surface area contributed by atoms with Gasteiger partial charge in [0.25, 0.3) is 0 Å². The predicted molar refractivity (Wildman–Crippen MR) is 62.1 cm³/mol. The first-order valence-electron chi connectivity index (χ1n) is 5.34. The third-order valence-electron chi connectivity index (χ3n) is 2.81. The van der Waals surface area contributed by atoms with Gasteiger partial charge in [-0.3, -0.25) is 0 Å². The van der Waals surface area contributed by atoms with E-state index in [1.165, 1.54) is 6.07 Å². The highest BCUT2D eigenvalue weighted by Gasteiger charge is 2.20. The molecule has 2 heterocycles. The molecule has 88 valence electrons. The highest BCUT2D eigenvalue weighted by atomic mass is 35.5. The molecule has 0 saturated carbocycles. The first-order chi connectivity index (χ1) is 8.27. The summed E-state index contributed by atoms with van der Waals surface area (Å²) >= 11 is 6.03. The number of nitrogens with zero attached hydrogens (tertiary/aromatic N) is 3. The summed E-state index contributed by atoms with van der Waals surface area (Å²) in [6.07, 6.45) is 0. The molecule has 0 bridgehead atoms. The van der Waals surface area contributed by atoms with Crippen LogP contribution in [0, 0.1) is 5.82 Å². The van der Waals surface area contributed by atoms with E-state index in [2.05, 4.69) is 15.5 Å². The van der Waals surface area contributed by atoms with Crippen molar-refractivity contribution in [3.05, 3.63) is 34.9 Å². The fourth-order valence-electron chi connectivity index (χ4n) is 1.99. The number of fused-ring (bicyclic) bond motifs is 1. The topological polar surface area (TPSA) is 42.7 Å². The number of aromatic nitrogens is 3. The molecule has 0 spiro atoms. The minimum atomic E-state index is -0.369. The molecule has 2 aromatic rings. The van der Waals surface area contributed by atoms with E-state index in [0.717, 1.165) is 18.9 Å². The monoisotopic (exact) mass is 252 g/mol. The second kappa shape index (κ2) is 4.09. The Kier molecular flexibility index (Phi) is 2.57. The van der Waals surface area contributed by atoms with Crippen LogP contribution >= 0.6 is 11.6 Å². The van der Waals surface area contributed by atoms with Crippen molar-refractivity contribution in [2.45, 2.75) is 13.1 Å². The van der Waals surface area contributed by atoms with Crippen LogP contribution in [-0.2, 0) is 13.1 Å². The van der Waals surface area contributed by atoms with Crippen LogP contribution in [-0.4, -0.2) is 21.3 Å². The summed E-state index contributed by atoms with van der Waals surface area (Å²) in [4.78, 5) is 0. The zero-order valence-electron chi connectivity index (χ0n) is 8.95. The van der Waals surface area contributed by atoms with Gasteiger partial charge in [-0.2, -0.15) is 0 Å². The van der Waals surface area contributed by atoms with Crippen molar-refractivity contribution in [3.63, 3.8) is 0 Å². The molecule has 1 aromatic carbocycles. The molecule has 0 aliphatic carbocycles. The number of hydrogen-bond acceptors (Lipinski definition) is 3. The van der Waals surface area contributed by atoms with Crippen LogP contribution in [0.25, 0.3) is 11.4 Å². The summed E-state index contributed by atoms with van der Waals surface area (Å²) in [5.74, 6) is 0.946. The van der Waals surface area contributed by atoms with Crippen LogP contribution in [0.2, 0.25) is 5.02 Å². The molecule has 17 heavy (non-hydrogen) atoms. The van der Waals surface area contributed by atoms with Gasteiger partial charge in [-0.25, -0.2) is 4.39 Å². The van der Waals surface area contributed by atoms with Crippen LogP contribution in [0.3, 0.4) is 0 Å². The lowest BCUT2D eigenvalue weighted by Crippen LogP contribution is -2.28. The van der Waals surface area contributed by atoms with Gasteiger partial charge in [0, 0.05) is 13.1 Å². The Morgan fingerprint density at radius 2 is 2.24 bits per heavy atom. The van der Waals surface area contributed by atoms with E-state index in [1.807, 2.05) is 4.57 Å². The van der Waals surface area contributed by atoms with Crippen molar-refractivity contribution in [3.8, 4) is 11.4 Å². The van der Waals surface area contributed by atoms with E-state index >= 15 is 0 Å². The second-order valence-corrected chi connectivity index (χ2v) is 4.27. The minimum Gasteiger partial charge on any atom is -0.308 e. The molecule has 1 aliphatic heterocycles. The summed E-state index contributed by atoms with van der Waals surface area (Å²) in [5.41, 5.74) is 0.329. The lowest BCUT2D eigenvalue weighted by Gasteiger charge is -2.16. The Morgan fingerprint density at radius 3 is 3.06 bits per heavy atom. The highest BCUT2D eigenvalue weighted by molar-refractivity contribution is 6.33. The Balaban J connectivity index is 2.19. The Bertz CT molecular complexity index is 546. The molecule has 0 saturated heterocycles. The molecular weight excluding hydrogens is 243 g/mol.